The lowest BCUT2D eigenvalue weighted by Crippen LogP contribution is -2.59. The van der Waals surface area contributed by atoms with Crippen LogP contribution in [0.5, 0.6) is 0 Å². The van der Waals surface area contributed by atoms with Crippen molar-refractivity contribution in [3.05, 3.63) is 47.3 Å². The second-order valence-corrected chi connectivity index (χ2v) is 12.2. The van der Waals surface area contributed by atoms with Crippen molar-refractivity contribution < 1.29 is 13.2 Å². The van der Waals surface area contributed by atoms with E-state index in [1.165, 1.54) is 34.9 Å². The first kappa shape index (κ1) is 19.1. The van der Waals surface area contributed by atoms with Gasteiger partial charge in [-0.15, -0.1) is 11.3 Å². The van der Waals surface area contributed by atoms with E-state index in [1.54, 1.807) is 48.8 Å². The minimum absolute atomic E-state index is 0.0240. The summed E-state index contributed by atoms with van der Waals surface area (Å²) in [4.78, 5) is 13.0. The Morgan fingerprint density at radius 2 is 1.62 bits per heavy atom. The topological polar surface area (TPSA) is 66.5 Å². The summed E-state index contributed by atoms with van der Waals surface area (Å²) in [5.74, 6) is 2.29. The van der Waals surface area contributed by atoms with Gasteiger partial charge < -0.3 is 5.32 Å². The van der Waals surface area contributed by atoms with E-state index in [0.717, 1.165) is 37.0 Å². The number of nitrogens with one attached hydrogen (secondary N) is 1. The maximum atomic E-state index is 13.0. The van der Waals surface area contributed by atoms with Gasteiger partial charge in [0.2, 0.25) is 0 Å². The van der Waals surface area contributed by atoms with Gasteiger partial charge >= 0.3 is 0 Å². The first-order valence-corrected chi connectivity index (χ1v) is 12.6. The SMILES string of the molecule is CN(c1ccc(C(=O)NC23CC4CC(CC(C4)C2)C3)cc1)S(=O)(=O)c1cccs1. The van der Waals surface area contributed by atoms with Gasteiger partial charge in [-0.05, 0) is 92.0 Å². The average Bonchev–Trinajstić information content (AvgIpc) is 3.22. The number of carbonyl (C=O) groups is 1. The third kappa shape index (κ3) is 3.38. The molecule has 0 radical (unpaired) electrons. The Morgan fingerprint density at radius 1 is 1.03 bits per heavy atom. The van der Waals surface area contributed by atoms with Crippen molar-refractivity contribution in [1.29, 1.82) is 0 Å². The van der Waals surface area contributed by atoms with Gasteiger partial charge in [0.05, 0.1) is 5.69 Å². The van der Waals surface area contributed by atoms with Crippen molar-refractivity contribution in [3.63, 3.8) is 0 Å². The van der Waals surface area contributed by atoms with Crippen LogP contribution in [0.25, 0.3) is 0 Å². The largest absolute Gasteiger partial charge is 0.347 e. The molecule has 6 rings (SSSR count). The molecule has 29 heavy (non-hydrogen) atoms. The molecule has 4 saturated carbocycles. The number of anilines is 1. The van der Waals surface area contributed by atoms with Crippen LogP contribution < -0.4 is 9.62 Å². The summed E-state index contributed by atoms with van der Waals surface area (Å²) in [5.41, 5.74) is 1.11. The highest BCUT2D eigenvalue weighted by molar-refractivity contribution is 7.94. The number of benzene rings is 1. The molecule has 7 heteroatoms. The van der Waals surface area contributed by atoms with Gasteiger partial charge in [-0.25, -0.2) is 8.42 Å². The normalized spacial score (nSPS) is 30.3. The van der Waals surface area contributed by atoms with Crippen molar-refractivity contribution >= 4 is 33.0 Å². The molecule has 4 fully saturated rings. The van der Waals surface area contributed by atoms with Crippen LogP contribution in [0.3, 0.4) is 0 Å². The summed E-state index contributed by atoms with van der Waals surface area (Å²) < 4.78 is 26.9. The molecule has 0 unspecified atom stereocenters. The summed E-state index contributed by atoms with van der Waals surface area (Å²) in [5, 5.41) is 5.12. The zero-order chi connectivity index (χ0) is 20.2. The molecule has 2 aromatic rings. The fourth-order valence-corrected chi connectivity index (χ4v) is 8.44. The highest BCUT2D eigenvalue weighted by Crippen LogP contribution is 2.55. The summed E-state index contributed by atoms with van der Waals surface area (Å²) in [6.45, 7) is 0. The molecule has 4 bridgehead atoms. The van der Waals surface area contributed by atoms with Crippen LogP contribution in [0.2, 0.25) is 0 Å². The van der Waals surface area contributed by atoms with Gasteiger partial charge in [0, 0.05) is 18.2 Å². The molecule has 1 aromatic carbocycles. The van der Waals surface area contributed by atoms with E-state index >= 15 is 0 Å². The molecule has 4 aliphatic carbocycles. The van der Waals surface area contributed by atoms with Crippen molar-refractivity contribution in [1.82, 2.24) is 5.32 Å². The smallest absolute Gasteiger partial charge is 0.273 e. The van der Waals surface area contributed by atoms with Crippen molar-refractivity contribution in [2.75, 3.05) is 11.4 Å². The number of amides is 1. The monoisotopic (exact) mass is 430 g/mol. The quantitative estimate of drug-likeness (QED) is 0.770. The molecular weight excluding hydrogens is 404 g/mol. The lowest BCUT2D eigenvalue weighted by molar-refractivity contribution is -0.0167. The number of hydrogen-bond donors (Lipinski definition) is 1. The van der Waals surface area contributed by atoms with E-state index in [1.807, 2.05) is 0 Å². The summed E-state index contributed by atoms with van der Waals surface area (Å²) in [6.07, 6.45) is 7.37. The molecule has 154 valence electrons. The Bertz CT molecular complexity index is 978. The Labute approximate surface area is 176 Å². The first-order chi connectivity index (χ1) is 13.8. The predicted molar refractivity (Wildman–Crippen MR) is 115 cm³/mol. The predicted octanol–water partition coefficient (Wildman–Crippen LogP) is 4.27. The van der Waals surface area contributed by atoms with Crippen LogP contribution >= 0.6 is 11.3 Å². The standard InChI is InChI=1S/C22H26N2O3S2/c1-24(29(26,27)20-3-2-8-28-20)19-6-4-18(5-7-19)21(25)23-22-12-15-9-16(13-22)11-17(10-15)14-22/h2-8,15-17H,9-14H2,1H3,(H,23,25). The van der Waals surface area contributed by atoms with Crippen LogP contribution in [0.15, 0.2) is 46.0 Å². The number of hydrogen-bond acceptors (Lipinski definition) is 4. The van der Waals surface area contributed by atoms with E-state index in [4.69, 9.17) is 0 Å². The maximum Gasteiger partial charge on any atom is 0.273 e. The van der Waals surface area contributed by atoms with Gasteiger partial charge in [0.15, 0.2) is 0 Å². The van der Waals surface area contributed by atoms with Gasteiger partial charge in [0.1, 0.15) is 4.21 Å². The van der Waals surface area contributed by atoms with E-state index < -0.39 is 10.0 Å². The molecule has 1 N–H and O–H groups in total. The van der Waals surface area contributed by atoms with Crippen LogP contribution in [-0.4, -0.2) is 26.9 Å². The molecule has 0 aliphatic heterocycles. The Kier molecular flexibility index (Phi) is 4.51. The van der Waals surface area contributed by atoms with E-state index in [9.17, 15) is 13.2 Å². The van der Waals surface area contributed by atoms with Crippen molar-refractivity contribution in [2.24, 2.45) is 17.8 Å². The molecule has 1 aromatic heterocycles. The second kappa shape index (κ2) is 6.84. The number of sulfonamides is 1. The van der Waals surface area contributed by atoms with Crippen molar-refractivity contribution in [3.8, 4) is 0 Å². The molecule has 4 aliphatic rings. The van der Waals surface area contributed by atoms with E-state index in [0.29, 0.717) is 15.5 Å². The lowest BCUT2D eigenvalue weighted by atomic mass is 9.53. The molecule has 1 amide bonds. The first-order valence-electron chi connectivity index (χ1n) is 10.3. The third-order valence-corrected chi connectivity index (χ3v) is 10.2. The Hall–Kier alpha value is -1.86. The zero-order valence-electron chi connectivity index (χ0n) is 16.5. The van der Waals surface area contributed by atoms with Crippen LogP contribution in [0, 0.1) is 17.8 Å². The number of thiophene rings is 1. The minimum Gasteiger partial charge on any atom is -0.347 e. The zero-order valence-corrected chi connectivity index (χ0v) is 18.1. The van der Waals surface area contributed by atoms with Crippen LogP contribution in [-0.2, 0) is 10.0 Å². The highest BCUT2D eigenvalue weighted by Gasteiger charge is 2.51. The summed E-state index contributed by atoms with van der Waals surface area (Å²) in [7, 11) is -2.03. The molecule has 0 spiro atoms. The number of carbonyl (C=O) groups excluding carboxylic acids is 1. The summed E-state index contributed by atoms with van der Waals surface area (Å²) >= 11 is 1.20. The van der Waals surface area contributed by atoms with Crippen LogP contribution in [0.4, 0.5) is 5.69 Å². The van der Waals surface area contributed by atoms with Crippen LogP contribution in [0.1, 0.15) is 48.9 Å². The Morgan fingerprint density at radius 3 is 2.14 bits per heavy atom. The summed E-state index contributed by atoms with van der Waals surface area (Å²) in [6, 6.07) is 10.2. The van der Waals surface area contributed by atoms with Gasteiger partial charge in [-0.3, -0.25) is 9.10 Å². The Balaban J connectivity index is 1.31. The van der Waals surface area contributed by atoms with Gasteiger partial charge in [0.25, 0.3) is 15.9 Å². The fraction of sp³-hybridized carbons (Fsp3) is 0.500. The number of nitrogens with zero attached hydrogens (tertiary/aromatic N) is 1. The maximum absolute atomic E-state index is 13.0. The van der Waals surface area contributed by atoms with Gasteiger partial charge in [-0.2, -0.15) is 0 Å². The second-order valence-electron chi connectivity index (χ2n) is 9.10. The number of rotatable bonds is 5. The lowest BCUT2D eigenvalue weighted by Gasteiger charge is -2.56. The molecular formula is C22H26N2O3S2. The average molecular weight is 431 g/mol. The highest BCUT2D eigenvalue weighted by atomic mass is 32.2. The molecule has 0 saturated heterocycles. The van der Waals surface area contributed by atoms with Gasteiger partial charge in [-0.1, -0.05) is 6.07 Å². The molecule has 0 atom stereocenters. The fourth-order valence-electron chi connectivity index (χ4n) is 6.08. The van der Waals surface area contributed by atoms with Crippen molar-refractivity contribution in [2.45, 2.75) is 48.3 Å². The third-order valence-electron chi connectivity index (χ3n) is 7.02. The minimum atomic E-state index is -3.57. The van der Waals surface area contributed by atoms with E-state index in [-0.39, 0.29) is 11.4 Å². The molecule has 5 nitrogen and oxygen atoms in total. The molecule has 1 heterocycles. The van der Waals surface area contributed by atoms with E-state index in [2.05, 4.69) is 5.32 Å².